The molecule has 0 fully saturated rings. The molecule has 0 bridgehead atoms. The second-order valence-electron chi connectivity index (χ2n) is 7.62. The number of anilines is 1. The molecule has 8 heteroatoms. The van der Waals surface area contributed by atoms with Gasteiger partial charge in [0.15, 0.2) is 0 Å². The number of phenolic OH excluding ortho intramolecular Hbond substituents is 1. The predicted molar refractivity (Wildman–Crippen MR) is 125 cm³/mol. The number of phenols is 1. The molecular formula is C24H24N6O2. The van der Waals surface area contributed by atoms with Crippen molar-refractivity contribution in [3.8, 4) is 11.4 Å². The fraction of sp³-hybridized carbons (Fsp3) is 0.125. The van der Waals surface area contributed by atoms with E-state index in [2.05, 4.69) is 9.88 Å². The number of benzene rings is 3. The Labute approximate surface area is 185 Å². The number of hydrogen-bond donors (Lipinski definition) is 5. The Bertz CT molecular complexity index is 1340. The average Bonchev–Trinajstić information content (AvgIpc) is 3.11. The topological polar surface area (TPSA) is 143 Å². The summed E-state index contributed by atoms with van der Waals surface area (Å²) in [5.41, 5.74) is 16.4. The Morgan fingerprint density at radius 1 is 1.12 bits per heavy atom. The number of carbonyl (C=O) groups is 1. The molecule has 0 aliphatic carbocycles. The van der Waals surface area contributed by atoms with Gasteiger partial charge in [-0.25, -0.2) is 4.98 Å². The van der Waals surface area contributed by atoms with Crippen molar-refractivity contribution in [2.24, 2.45) is 11.5 Å². The number of amidine groups is 1. The van der Waals surface area contributed by atoms with Gasteiger partial charge in [0.05, 0.1) is 35.4 Å². The van der Waals surface area contributed by atoms with Crippen LogP contribution in [0.5, 0.6) is 5.75 Å². The number of nitrogens with zero attached hydrogens (tertiary/aromatic N) is 2. The molecule has 0 atom stereocenters. The lowest BCUT2D eigenvalue weighted by atomic mass is 10.1. The first-order valence-corrected chi connectivity index (χ1v) is 10.1. The highest BCUT2D eigenvalue weighted by Gasteiger charge is 2.15. The number of primary amides is 1. The third kappa shape index (κ3) is 4.11. The lowest BCUT2D eigenvalue weighted by molar-refractivity contribution is -0.117. The third-order valence-electron chi connectivity index (χ3n) is 5.26. The Morgan fingerprint density at radius 2 is 1.91 bits per heavy atom. The number of nitrogens with one attached hydrogen (secondary N) is 2. The number of fused-ring (bicyclic) bond motifs is 1. The Kier molecular flexibility index (Phi) is 5.51. The van der Waals surface area contributed by atoms with Gasteiger partial charge in [0.25, 0.3) is 0 Å². The van der Waals surface area contributed by atoms with Crippen molar-refractivity contribution in [1.29, 1.82) is 5.41 Å². The van der Waals surface area contributed by atoms with Gasteiger partial charge >= 0.3 is 0 Å². The van der Waals surface area contributed by atoms with E-state index >= 15 is 0 Å². The Balaban J connectivity index is 1.74. The highest BCUT2D eigenvalue weighted by atomic mass is 16.3. The van der Waals surface area contributed by atoms with Gasteiger partial charge in [-0.1, -0.05) is 24.3 Å². The monoisotopic (exact) mass is 428 g/mol. The number of aromatic hydroxyl groups is 1. The number of carbonyl (C=O) groups excluding carboxylic acids is 1. The van der Waals surface area contributed by atoms with Crippen molar-refractivity contribution in [3.05, 3.63) is 83.2 Å². The second kappa shape index (κ2) is 8.43. The smallest absolute Gasteiger partial charge is 0.221 e. The Hall–Kier alpha value is -4.33. The maximum absolute atomic E-state index is 11.3. The molecular weight excluding hydrogens is 404 g/mol. The van der Waals surface area contributed by atoms with E-state index < -0.39 is 0 Å². The standard InChI is InChI=1S/C24H24N6O2/c1-14-10-15(11-22(25)32)6-8-19(14)30-20-5-3-2-4-17(20)29-23(30)13-28-18-12-16(24(26)27)7-9-21(18)31/h2-10,12,28,31H,11,13H2,1H3,(H2,25,32)(H3,26,27). The minimum absolute atomic E-state index is 0.0599. The highest BCUT2D eigenvalue weighted by molar-refractivity contribution is 5.96. The molecule has 162 valence electrons. The van der Waals surface area contributed by atoms with Crippen LogP contribution in [0, 0.1) is 12.3 Å². The molecule has 1 aromatic heterocycles. The number of hydrogen-bond acceptors (Lipinski definition) is 5. The van der Waals surface area contributed by atoms with Crippen LogP contribution in [0.15, 0.2) is 60.7 Å². The van der Waals surface area contributed by atoms with Gasteiger partial charge in [-0.05, 0) is 54.4 Å². The summed E-state index contributed by atoms with van der Waals surface area (Å²) in [5.74, 6) is 0.351. The zero-order valence-corrected chi connectivity index (χ0v) is 17.6. The van der Waals surface area contributed by atoms with Crippen LogP contribution in [0.2, 0.25) is 0 Å². The van der Waals surface area contributed by atoms with E-state index in [-0.39, 0.29) is 23.9 Å². The van der Waals surface area contributed by atoms with Gasteiger partial charge < -0.3 is 21.9 Å². The van der Waals surface area contributed by atoms with Gasteiger partial charge in [0.2, 0.25) is 5.91 Å². The first-order chi connectivity index (χ1) is 15.3. The zero-order chi connectivity index (χ0) is 22.8. The van der Waals surface area contributed by atoms with Crippen LogP contribution in [0.4, 0.5) is 5.69 Å². The lowest BCUT2D eigenvalue weighted by Gasteiger charge is -2.15. The van der Waals surface area contributed by atoms with Crippen LogP contribution >= 0.6 is 0 Å². The average molecular weight is 428 g/mol. The number of aromatic nitrogens is 2. The van der Waals surface area contributed by atoms with Crippen LogP contribution in [-0.4, -0.2) is 26.4 Å². The second-order valence-corrected chi connectivity index (χ2v) is 7.62. The van der Waals surface area contributed by atoms with E-state index in [1.165, 1.54) is 6.07 Å². The molecule has 32 heavy (non-hydrogen) atoms. The molecule has 8 nitrogen and oxygen atoms in total. The van der Waals surface area contributed by atoms with Gasteiger partial charge in [0.1, 0.15) is 17.4 Å². The predicted octanol–water partition coefficient (Wildman–Crippen LogP) is 2.96. The van der Waals surface area contributed by atoms with Crippen LogP contribution in [0.3, 0.4) is 0 Å². The minimum atomic E-state index is -0.372. The zero-order valence-electron chi connectivity index (χ0n) is 17.6. The maximum Gasteiger partial charge on any atom is 0.221 e. The number of imidazole rings is 1. The van der Waals surface area contributed by atoms with Gasteiger partial charge in [0, 0.05) is 5.56 Å². The van der Waals surface area contributed by atoms with Crippen LogP contribution in [-0.2, 0) is 17.8 Å². The van der Waals surface area contributed by atoms with E-state index in [1.807, 2.05) is 49.4 Å². The summed E-state index contributed by atoms with van der Waals surface area (Å²) in [6.45, 7) is 2.31. The van der Waals surface area contributed by atoms with Crippen LogP contribution < -0.4 is 16.8 Å². The van der Waals surface area contributed by atoms with E-state index in [0.717, 1.165) is 33.7 Å². The fourth-order valence-electron chi connectivity index (χ4n) is 3.76. The van der Waals surface area contributed by atoms with Crippen molar-refractivity contribution < 1.29 is 9.90 Å². The fourth-order valence-corrected chi connectivity index (χ4v) is 3.76. The molecule has 0 aliphatic heterocycles. The van der Waals surface area contributed by atoms with Crippen LogP contribution in [0.25, 0.3) is 16.7 Å². The normalized spacial score (nSPS) is 10.9. The largest absolute Gasteiger partial charge is 0.506 e. The van der Waals surface area contributed by atoms with E-state index in [1.54, 1.807) is 12.1 Å². The minimum Gasteiger partial charge on any atom is -0.506 e. The summed E-state index contributed by atoms with van der Waals surface area (Å²) >= 11 is 0. The molecule has 0 spiro atoms. The summed E-state index contributed by atoms with van der Waals surface area (Å²) in [7, 11) is 0. The molecule has 0 saturated carbocycles. The quantitative estimate of drug-likeness (QED) is 0.175. The molecule has 0 saturated heterocycles. The summed E-state index contributed by atoms with van der Waals surface area (Å²) in [4.78, 5) is 16.1. The van der Waals surface area contributed by atoms with E-state index in [0.29, 0.717) is 17.8 Å². The molecule has 0 unspecified atom stereocenters. The SMILES string of the molecule is Cc1cc(CC(N)=O)ccc1-n1c(CNc2cc(C(=N)N)ccc2O)nc2ccccc21. The Morgan fingerprint density at radius 3 is 2.62 bits per heavy atom. The van der Waals surface area contributed by atoms with Gasteiger partial charge in [-0.15, -0.1) is 0 Å². The summed E-state index contributed by atoms with van der Waals surface area (Å²) in [6.07, 6.45) is 0.186. The molecule has 4 rings (SSSR count). The van der Waals surface area contributed by atoms with Gasteiger partial charge in [-0.2, -0.15) is 0 Å². The molecule has 0 aliphatic rings. The van der Waals surface area contributed by atoms with Crippen molar-refractivity contribution >= 4 is 28.5 Å². The summed E-state index contributed by atoms with van der Waals surface area (Å²) in [6, 6.07) is 18.4. The number of nitrogen functional groups attached to an aromatic ring is 1. The summed E-state index contributed by atoms with van der Waals surface area (Å²) < 4.78 is 2.05. The van der Waals surface area contributed by atoms with Gasteiger partial charge in [-0.3, -0.25) is 14.8 Å². The number of para-hydroxylation sites is 2. The number of aryl methyl sites for hydroxylation is 1. The molecule has 7 N–H and O–H groups in total. The summed E-state index contributed by atoms with van der Waals surface area (Å²) in [5, 5.41) is 21.1. The number of amides is 1. The lowest BCUT2D eigenvalue weighted by Crippen LogP contribution is -2.14. The number of nitrogens with two attached hydrogens (primary N) is 2. The van der Waals surface area contributed by atoms with Crippen molar-refractivity contribution in [3.63, 3.8) is 0 Å². The van der Waals surface area contributed by atoms with E-state index in [4.69, 9.17) is 21.9 Å². The number of rotatable bonds is 7. The molecule has 4 aromatic rings. The molecule has 0 radical (unpaired) electrons. The first kappa shape index (κ1) is 20.9. The third-order valence-corrected chi connectivity index (χ3v) is 5.26. The molecule has 1 amide bonds. The molecule has 3 aromatic carbocycles. The van der Waals surface area contributed by atoms with Crippen molar-refractivity contribution in [2.45, 2.75) is 19.9 Å². The van der Waals surface area contributed by atoms with Crippen molar-refractivity contribution in [1.82, 2.24) is 9.55 Å². The van der Waals surface area contributed by atoms with Crippen molar-refractivity contribution in [2.75, 3.05) is 5.32 Å². The maximum atomic E-state index is 11.3. The first-order valence-electron chi connectivity index (χ1n) is 10.1. The molecule has 1 heterocycles. The van der Waals surface area contributed by atoms with Crippen LogP contribution in [0.1, 0.15) is 22.5 Å². The van der Waals surface area contributed by atoms with E-state index in [9.17, 15) is 9.90 Å². The highest BCUT2D eigenvalue weighted by Crippen LogP contribution is 2.28.